The van der Waals surface area contributed by atoms with Crippen molar-refractivity contribution in [2.24, 2.45) is 0 Å². The van der Waals surface area contributed by atoms with Crippen LogP contribution >= 0.6 is 11.3 Å². The van der Waals surface area contributed by atoms with Crippen LogP contribution in [-0.4, -0.2) is 57.8 Å². The van der Waals surface area contributed by atoms with Crippen molar-refractivity contribution in [1.29, 1.82) is 5.26 Å². The molecule has 2 fully saturated rings. The lowest BCUT2D eigenvalue weighted by molar-refractivity contribution is -0.137. The van der Waals surface area contributed by atoms with Gasteiger partial charge in [0.2, 0.25) is 0 Å². The zero-order chi connectivity index (χ0) is 34.2. The maximum atomic E-state index is 17.1. The standard InChI is InChI=1S/C34H27F6N7OS/c35-19-11-33(6-1-8-47(33)15-19)16-48-32-44-28-21(31(45-32)46-9-5-17-4-7-43-13-18(17)14-46)10-23(34(38,39)40)26(27(28)37)20-2-3-24(36)29-25(20)22(12-41)30(42)49-29/h2-4,7,10,13,19H,1,5-6,8-9,11,14-16,42H2. The van der Waals surface area contributed by atoms with Crippen molar-refractivity contribution in [1.82, 2.24) is 19.9 Å². The lowest BCUT2D eigenvalue weighted by atomic mass is 9.92. The van der Waals surface area contributed by atoms with E-state index in [1.54, 1.807) is 17.3 Å². The van der Waals surface area contributed by atoms with Crippen molar-refractivity contribution in [3.63, 3.8) is 0 Å². The van der Waals surface area contributed by atoms with Crippen molar-refractivity contribution < 1.29 is 31.1 Å². The molecule has 0 bridgehead atoms. The van der Waals surface area contributed by atoms with Crippen LogP contribution < -0.4 is 15.4 Å². The molecule has 0 amide bonds. The summed E-state index contributed by atoms with van der Waals surface area (Å²) in [5.74, 6) is -2.12. The Morgan fingerprint density at radius 2 is 1.98 bits per heavy atom. The van der Waals surface area contributed by atoms with Crippen LogP contribution in [0.5, 0.6) is 6.01 Å². The van der Waals surface area contributed by atoms with E-state index in [2.05, 4.69) is 15.0 Å². The first-order valence-corrected chi connectivity index (χ1v) is 16.5. The summed E-state index contributed by atoms with van der Waals surface area (Å²) in [5, 5.41) is 9.28. The van der Waals surface area contributed by atoms with E-state index in [4.69, 9.17) is 10.5 Å². The highest BCUT2D eigenvalue weighted by Crippen LogP contribution is 2.48. The molecule has 49 heavy (non-hydrogen) atoms. The Labute approximate surface area is 279 Å². The van der Waals surface area contributed by atoms with Gasteiger partial charge in [0.25, 0.3) is 0 Å². The van der Waals surface area contributed by atoms with E-state index in [9.17, 15) is 27.2 Å². The number of hydrogen-bond acceptors (Lipinski definition) is 9. The van der Waals surface area contributed by atoms with E-state index in [-0.39, 0.29) is 69.5 Å². The minimum atomic E-state index is -5.08. The smallest absolute Gasteiger partial charge is 0.417 e. The molecule has 2 unspecified atom stereocenters. The van der Waals surface area contributed by atoms with Crippen LogP contribution in [0.25, 0.3) is 32.1 Å². The topological polar surface area (TPSA) is 104 Å². The van der Waals surface area contributed by atoms with Gasteiger partial charge in [-0.3, -0.25) is 9.88 Å². The lowest BCUT2D eigenvalue weighted by Gasteiger charge is -2.32. The Kier molecular flexibility index (Phi) is 7.38. The lowest BCUT2D eigenvalue weighted by Crippen LogP contribution is -2.43. The number of fused-ring (bicyclic) bond motifs is 4. The van der Waals surface area contributed by atoms with Crippen molar-refractivity contribution in [2.75, 3.05) is 36.9 Å². The first kappa shape index (κ1) is 31.6. The molecule has 0 saturated carbocycles. The van der Waals surface area contributed by atoms with E-state index in [1.807, 2.05) is 17.0 Å². The third-order valence-electron chi connectivity index (χ3n) is 9.94. The minimum Gasteiger partial charge on any atom is -0.461 e. The zero-order valence-corrected chi connectivity index (χ0v) is 26.6. The Bertz CT molecular complexity index is 2200. The Balaban J connectivity index is 1.35. The number of thiophene rings is 1. The summed E-state index contributed by atoms with van der Waals surface area (Å²) in [5.41, 5.74) is 3.92. The first-order chi connectivity index (χ1) is 23.5. The van der Waals surface area contributed by atoms with Crippen LogP contribution in [0.15, 0.2) is 36.7 Å². The second-order valence-corrected chi connectivity index (χ2v) is 13.8. The second-order valence-electron chi connectivity index (χ2n) is 12.8. The molecule has 8 rings (SSSR count). The van der Waals surface area contributed by atoms with Crippen LogP contribution in [0, 0.1) is 23.0 Å². The molecule has 252 valence electrons. The van der Waals surface area contributed by atoms with Gasteiger partial charge in [-0.05, 0) is 60.7 Å². The number of nitriles is 1. The maximum absolute atomic E-state index is 17.1. The molecule has 5 aromatic rings. The van der Waals surface area contributed by atoms with Crippen molar-refractivity contribution in [2.45, 2.75) is 50.1 Å². The number of benzene rings is 2. The molecule has 2 aromatic carbocycles. The number of pyridine rings is 1. The number of rotatable bonds is 5. The van der Waals surface area contributed by atoms with Gasteiger partial charge >= 0.3 is 12.2 Å². The molecule has 0 aliphatic carbocycles. The summed E-state index contributed by atoms with van der Waals surface area (Å²) in [6.07, 6.45) is -0.462. The summed E-state index contributed by atoms with van der Waals surface area (Å²) in [6.45, 7) is 1.58. The fourth-order valence-electron chi connectivity index (χ4n) is 7.70. The van der Waals surface area contributed by atoms with E-state index >= 15 is 4.39 Å². The number of ether oxygens (including phenoxy) is 1. The summed E-state index contributed by atoms with van der Waals surface area (Å²) in [4.78, 5) is 16.8. The first-order valence-electron chi connectivity index (χ1n) is 15.7. The van der Waals surface area contributed by atoms with Gasteiger partial charge in [0, 0.05) is 54.8 Å². The molecule has 2 saturated heterocycles. The van der Waals surface area contributed by atoms with Gasteiger partial charge in [0.05, 0.1) is 21.4 Å². The monoisotopic (exact) mass is 695 g/mol. The van der Waals surface area contributed by atoms with Crippen LogP contribution in [0.1, 0.15) is 41.5 Å². The third-order valence-corrected chi connectivity index (χ3v) is 11.0. The van der Waals surface area contributed by atoms with Gasteiger partial charge < -0.3 is 15.4 Å². The normalized spacial score (nSPS) is 20.9. The van der Waals surface area contributed by atoms with E-state index in [0.29, 0.717) is 37.3 Å². The number of alkyl halides is 4. The maximum Gasteiger partial charge on any atom is 0.417 e. The van der Waals surface area contributed by atoms with Crippen molar-refractivity contribution >= 4 is 43.1 Å². The summed E-state index contributed by atoms with van der Waals surface area (Å²) in [6, 6.07) is 6.16. The summed E-state index contributed by atoms with van der Waals surface area (Å²) < 4.78 is 97.3. The van der Waals surface area contributed by atoms with E-state index in [0.717, 1.165) is 35.7 Å². The van der Waals surface area contributed by atoms with Crippen molar-refractivity contribution in [3.8, 4) is 23.2 Å². The fraction of sp³-hybridized carbons (Fsp3) is 0.353. The van der Waals surface area contributed by atoms with Gasteiger partial charge in [-0.2, -0.15) is 28.4 Å². The average molecular weight is 696 g/mol. The van der Waals surface area contributed by atoms with Gasteiger partial charge in [-0.25, -0.2) is 13.2 Å². The molecule has 2 atom stereocenters. The molecule has 8 nitrogen and oxygen atoms in total. The van der Waals surface area contributed by atoms with E-state index in [1.165, 1.54) is 0 Å². The number of nitrogens with two attached hydrogens (primary N) is 1. The molecule has 0 radical (unpaired) electrons. The molecular formula is C34H27F6N7OS. The summed E-state index contributed by atoms with van der Waals surface area (Å²) in [7, 11) is 0. The van der Waals surface area contributed by atoms with Crippen LogP contribution in [0.3, 0.4) is 0 Å². The second kappa shape index (κ2) is 11.4. The quantitative estimate of drug-likeness (QED) is 0.193. The Hall–Kier alpha value is -4.68. The molecule has 3 aliphatic heterocycles. The van der Waals surface area contributed by atoms with Crippen LogP contribution in [0.4, 0.5) is 37.2 Å². The SMILES string of the molecule is N#Cc1c(N)sc2c(F)ccc(-c3c(C(F)(F)F)cc4c(N5CCc6ccncc6C5)nc(OCC56CCCN5CC(F)C6)nc4c3F)c12. The average Bonchev–Trinajstić information content (AvgIpc) is 3.72. The third kappa shape index (κ3) is 5.11. The number of nitrogen functional groups attached to an aromatic ring is 1. The number of hydrogen-bond donors (Lipinski definition) is 1. The fourth-order valence-corrected chi connectivity index (χ4v) is 8.65. The number of anilines is 2. The predicted octanol–water partition coefficient (Wildman–Crippen LogP) is 7.18. The highest BCUT2D eigenvalue weighted by Gasteiger charge is 2.49. The molecule has 0 spiro atoms. The van der Waals surface area contributed by atoms with Crippen LogP contribution in [0.2, 0.25) is 0 Å². The van der Waals surface area contributed by atoms with Gasteiger partial charge in [0.1, 0.15) is 41.0 Å². The Morgan fingerprint density at radius 3 is 2.78 bits per heavy atom. The van der Waals surface area contributed by atoms with Gasteiger partial charge in [0.15, 0.2) is 5.82 Å². The molecular weight excluding hydrogens is 668 g/mol. The molecule has 3 aromatic heterocycles. The largest absolute Gasteiger partial charge is 0.461 e. The van der Waals surface area contributed by atoms with Crippen molar-refractivity contribution in [3.05, 3.63) is 70.5 Å². The van der Waals surface area contributed by atoms with Gasteiger partial charge in [-0.15, -0.1) is 11.3 Å². The number of nitrogens with zero attached hydrogens (tertiary/aromatic N) is 6. The highest BCUT2D eigenvalue weighted by molar-refractivity contribution is 7.23. The minimum absolute atomic E-state index is 0.0124. The van der Waals surface area contributed by atoms with E-state index < -0.39 is 46.2 Å². The molecule has 15 heteroatoms. The molecule has 3 aliphatic rings. The van der Waals surface area contributed by atoms with Crippen LogP contribution in [-0.2, 0) is 19.1 Å². The number of aromatic nitrogens is 3. The molecule has 2 N–H and O–H groups in total. The number of halogens is 6. The predicted molar refractivity (Wildman–Crippen MR) is 172 cm³/mol. The Morgan fingerprint density at radius 1 is 1.14 bits per heavy atom. The summed E-state index contributed by atoms with van der Waals surface area (Å²) >= 11 is 0.694. The highest BCUT2D eigenvalue weighted by atomic mass is 32.1. The zero-order valence-electron chi connectivity index (χ0n) is 25.8. The molecule has 6 heterocycles. The van der Waals surface area contributed by atoms with Gasteiger partial charge in [-0.1, -0.05) is 6.07 Å².